The van der Waals surface area contributed by atoms with Gasteiger partial charge >= 0.3 is 6.03 Å². The number of carbonyl (C=O) groups is 2. The number of halogens is 1. The summed E-state index contributed by atoms with van der Waals surface area (Å²) in [5.41, 5.74) is 0.659. The van der Waals surface area contributed by atoms with E-state index in [4.69, 9.17) is 0 Å². The van der Waals surface area contributed by atoms with Crippen LogP contribution in [0.4, 0.5) is 14.9 Å². The first-order valence-corrected chi connectivity index (χ1v) is 8.16. The number of hydrogen-bond donors (Lipinski definition) is 1. The molecule has 0 aliphatic carbocycles. The van der Waals surface area contributed by atoms with Crippen molar-refractivity contribution in [2.75, 3.05) is 24.5 Å². The number of nitrogens with one attached hydrogen (secondary N) is 1. The minimum atomic E-state index is -0.334. The van der Waals surface area contributed by atoms with Gasteiger partial charge in [0.15, 0.2) is 0 Å². The van der Waals surface area contributed by atoms with Gasteiger partial charge in [0.2, 0.25) is 5.91 Å². The van der Waals surface area contributed by atoms with Crippen LogP contribution in [0.3, 0.4) is 0 Å². The summed E-state index contributed by atoms with van der Waals surface area (Å²) in [6.45, 7) is 5.82. The van der Waals surface area contributed by atoms with Crippen molar-refractivity contribution in [3.05, 3.63) is 30.1 Å². The Labute approximate surface area is 136 Å². The van der Waals surface area contributed by atoms with Crippen LogP contribution in [-0.2, 0) is 4.79 Å². The fourth-order valence-corrected chi connectivity index (χ4v) is 2.69. The van der Waals surface area contributed by atoms with Crippen molar-refractivity contribution >= 4 is 17.6 Å². The molecule has 0 radical (unpaired) electrons. The number of hydrogen-bond acceptors (Lipinski definition) is 2. The van der Waals surface area contributed by atoms with Crippen LogP contribution in [0.1, 0.15) is 33.1 Å². The topological polar surface area (TPSA) is 52.7 Å². The van der Waals surface area contributed by atoms with Crippen LogP contribution in [-0.4, -0.2) is 42.5 Å². The van der Waals surface area contributed by atoms with Crippen LogP contribution in [0, 0.1) is 5.82 Å². The predicted octanol–water partition coefficient (Wildman–Crippen LogP) is 2.76. The van der Waals surface area contributed by atoms with E-state index in [-0.39, 0.29) is 30.2 Å². The first-order chi connectivity index (χ1) is 11.0. The monoisotopic (exact) mass is 321 g/mol. The van der Waals surface area contributed by atoms with E-state index in [2.05, 4.69) is 12.2 Å². The fraction of sp³-hybridized carbons (Fsp3) is 0.529. The van der Waals surface area contributed by atoms with Gasteiger partial charge in [-0.05, 0) is 37.6 Å². The first kappa shape index (κ1) is 17.2. The molecule has 6 heteroatoms. The molecule has 2 rings (SSSR count). The van der Waals surface area contributed by atoms with Gasteiger partial charge in [-0.2, -0.15) is 0 Å². The van der Waals surface area contributed by atoms with E-state index < -0.39 is 0 Å². The average Bonchev–Trinajstić information content (AvgIpc) is 2.89. The lowest BCUT2D eigenvalue weighted by molar-refractivity contribution is -0.117. The highest BCUT2D eigenvalue weighted by molar-refractivity contribution is 5.96. The van der Waals surface area contributed by atoms with E-state index in [1.165, 1.54) is 12.1 Å². The van der Waals surface area contributed by atoms with Crippen LogP contribution in [0.2, 0.25) is 0 Å². The van der Waals surface area contributed by atoms with E-state index in [0.29, 0.717) is 18.8 Å². The molecule has 126 valence electrons. The smallest absolute Gasteiger partial charge is 0.317 e. The van der Waals surface area contributed by atoms with Crippen molar-refractivity contribution < 1.29 is 14.0 Å². The Balaban J connectivity index is 1.94. The third-order valence-corrected chi connectivity index (χ3v) is 4.04. The third-order valence-electron chi connectivity index (χ3n) is 4.04. The molecule has 0 bridgehead atoms. The van der Waals surface area contributed by atoms with Crippen molar-refractivity contribution in [2.24, 2.45) is 0 Å². The molecule has 0 saturated carbocycles. The molecule has 1 N–H and O–H groups in total. The SMILES string of the molecule is CCCCN(CC)C(=O)N[C@@H]1CC(=O)N(c2ccc(F)cc2)C1. The molecule has 1 heterocycles. The Kier molecular flexibility index (Phi) is 5.96. The number of nitrogens with zero attached hydrogens (tertiary/aromatic N) is 2. The zero-order valence-corrected chi connectivity index (χ0v) is 13.7. The molecule has 3 amide bonds. The number of anilines is 1. The lowest BCUT2D eigenvalue weighted by atomic mass is 10.2. The highest BCUT2D eigenvalue weighted by atomic mass is 19.1. The van der Waals surface area contributed by atoms with Gasteiger partial charge in [-0.1, -0.05) is 13.3 Å². The zero-order chi connectivity index (χ0) is 16.8. The minimum absolute atomic E-state index is 0.0569. The number of carbonyl (C=O) groups excluding carboxylic acids is 2. The Morgan fingerprint density at radius 2 is 2.04 bits per heavy atom. The molecule has 1 aliphatic heterocycles. The van der Waals surface area contributed by atoms with Gasteiger partial charge < -0.3 is 15.1 Å². The molecule has 23 heavy (non-hydrogen) atoms. The summed E-state index contributed by atoms with van der Waals surface area (Å²) in [5.74, 6) is -0.390. The van der Waals surface area contributed by atoms with Crippen molar-refractivity contribution in [3.63, 3.8) is 0 Å². The summed E-state index contributed by atoms with van der Waals surface area (Å²) >= 11 is 0. The second kappa shape index (κ2) is 7.94. The zero-order valence-electron chi connectivity index (χ0n) is 13.7. The number of rotatable bonds is 6. The first-order valence-electron chi connectivity index (χ1n) is 8.16. The number of urea groups is 1. The van der Waals surface area contributed by atoms with Gasteiger partial charge in [-0.15, -0.1) is 0 Å². The largest absolute Gasteiger partial charge is 0.333 e. The van der Waals surface area contributed by atoms with E-state index >= 15 is 0 Å². The quantitative estimate of drug-likeness (QED) is 0.876. The second-order valence-electron chi connectivity index (χ2n) is 5.76. The molecule has 1 aromatic carbocycles. The van der Waals surface area contributed by atoms with Crippen molar-refractivity contribution in [3.8, 4) is 0 Å². The number of benzene rings is 1. The van der Waals surface area contributed by atoms with Gasteiger partial charge in [0.1, 0.15) is 5.82 Å². The van der Waals surface area contributed by atoms with Crippen molar-refractivity contribution in [2.45, 2.75) is 39.2 Å². The molecule has 0 aromatic heterocycles. The summed E-state index contributed by atoms with van der Waals surface area (Å²) in [6.07, 6.45) is 2.27. The maximum atomic E-state index is 13.0. The maximum Gasteiger partial charge on any atom is 0.317 e. The van der Waals surface area contributed by atoms with E-state index in [1.54, 1.807) is 21.9 Å². The van der Waals surface area contributed by atoms with Gasteiger partial charge in [0.25, 0.3) is 0 Å². The number of amides is 3. The van der Waals surface area contributed by atoms with Crippen LogP contribution < -0.4 is 10.2 Å². The fourth-order valence-electron chi connectivity index (χ4n) is 2.69. The normalized spacial score (nSPS) is 17.4. The molecular weight excluding hydrogens is 297 g/mol. The highest BCUT2D eigenvalue weighted by Gasteiger charge is 2.32. The Morgan fingerprint density at radius 1 is 1.35 bits per heavy atom. The molecule has 0 spiro atoms. The molecule has 1 aromatic rings. The van der Waals surface area contributed by atoms with E-state index in [0.717, 1.165) is 19.4 Å². The van der Waals surface area contributed by atoms with Crippen LogP contribution >= 0.6 is 0 Å². The lowest BCUT2D eigenvalue weighted by Gasteiger charge is -2.23. The van der Waals surface area contributed by atoms with Gasteiger partial charge in [0, 0.05) is 31.7 Å². The Hall–Kier alpha value is -2.11. The summed E-state index contributed by atoms with van der Waals surface area (Å²) in [4.78, 5) is 27.7. The summed E-state index contributed by atoms with van der Waals surface area (Å²) in [7, 11) is 0. The summed E-state index contributed by atoms with van der Waals surface area (Å²) in [6, 6.07) is 5.49. The molecular formula is C17H24FN3O2. The van der Waals surface area contributed by atoms with Crippen molar-refractivity contribution in [1.29, 1.82) is 0 Å². The van der Waals surface area contributed by atoms with Crippen LogP contribution in [0.15, 0.2) is 24.3 Å². The molecule has 1 atom stereocenters. The minimum Gasteiger partial charge on any atom is -0.333 e. The number of unbranched alkanes of at least 4 members (excludes halogenated alkanes) is 1. The molecule has 1 saturated heterocycles. The van der Waals surface area contributed by atoms with Gasteiger partial charge in [-0.25, -0.2) is 9.18 Å². The molecule has 5 nitrogen and oxygen atoms in total. The standard InChI is InChI=1S/C17H24FN3O2/c1-3-5-10-20(4-2)17(23)19-14-11-16(22)21(12-14)15-8-6-13(18)7-9-15/h6-9,14H,3-5,10-12H2,1-2H3,(H,19,23)/t14-/m1/s1. The van der Waals surface area contributed by atoms with Crippen molar-refractivity contribution in [1.82, 2.24) is 10.2 Å². The highest BCUT2D eigenvalue weighted by Crippen LogP contribution is 2.21. The lowest BCUT2D eigenvalue weighted by Crippen LogP contribution is -2.46. The van der Waals surface area contributed by atoms with Crippen LogP contribution in [0.25, 0.3) is 0 Å². The predicted molar refractivity (Wildman–Crippen MR) is 87.8 cm³/mol. The third kappa shape index (κ3) is 4.43. The molecule has 0 unspecified atom stereocenters. The average molecular weight is 321 g/mol. The van der Waals surface area contributed by atoms with Gasteiger partial charge in [-0.3, -0.25) is 4.79 Å². The second-order valence-corrected chi connectivity index (χ2v) is 5.76. The maximum absolute atomic E-state index is 13.0. The Morgan fingerprint density at radius 3 is 2.65 bits per heavy atom. The van der Waals surface area contributed by atoms with Crippen LogP contribution in [0.5, 0.6) is 0 Å². The molecule has 1 fully saturated rings. The Bertz CT molecular complexity index is 547. The summed E-state index contributed by atoms with van der Waals surface area (Å²) in [5, 5.41) is 2.93. The molecule has 1 aliphatic rings. The van der Waals surface area contributed by atoms with E-state index in [1.807, 2.05) is 6.92 Å². The summed E-state index contributed by atoms with van der Waals surface area (Å²) < 4.78 is 13.0. The van der Waals surface area contributed by atoms with E-state index in [9.17, 15) is 14.0 Å². The van der Waals surface area contributed by atoms with Gasteiger partial charge in [0.05, 0.1) is 6.04 Å².